The van der Waals surface area contributed by atoms with Gasteiger partial charge in [-0.2, -0.15) is 0 Å². The molecule has 7 nitrogen and oxygen atoms in total. The zero-order valence-electron chi connectivity index (χ0n) is 18.6. The van der Waals surface area contributed by atoms with Gasteiger partial charge in [0.15, 0.2) is 0 Å². The van der Waals surface area contributed by atoms with Gasteiger partial charge in [0.25, 0.3) is 0 Å². The third-order valence-corrected chi connectivity index (χ3v) is 5.66. The first-order chi connectivity index (χ1) is 15.3. The SMILES string of the molecule is CC(C)C[C@@H](NC(=O)OCC1c2ccccc2-c2ccccc21)C(=O)NCC(C)C(=O)O. The van der Waals surface area contributed by atoms with E-state index in [1.165, 1.54) is 6.92 Å². The van der Waals surface area contributed by atoms with Crippen LogP contribution in [0.2, 0.25) is 0 Å². The fraction of sp³-hybridized carbons (Fsp3) is 0.400. The fourth-order valence-electron chi connectivity index (χ4n) is 3.95. The zero-order valence-corrected chi connectivity index (χ0v) is 18.6. The zero-order chi connectivity index (χ0) is 23.3. The van der Waals surface area contributed by atoms with Crippen molar-refractivity contribution in [3.8, 4) is 11.1 Å². The highest BCUT2D eigenvalue weighted by molar-refractivity contribution is 5.86. The molecule has 0 aliphatic heterocycles. The van der Waals surface area contributed by atoms with Crippen LogP contribution in [0.1, 0.15) is 44.2 Å². The van der Waals surface area contributed by atoms with Crippen molar-refractivity contribution in [1.29, 1.82) is 0 Å². The number of nitrogens with one attached hydrogen (secondary N) is 2. The lowest BCUT2D eigenvalue weighted by Gasteiger charge is -2.21. The minimum absolute atomic E-state index is 0.00483. The molecule has 32 heavy (non-hydrogen) atoms. The Balaban J connectivity index is 1.63. The summed E-state index contributed by atoms with van der Waals surface area (Å²) >= 11 is 0. The summed E-state index contributed by atoms with van der Waals surface area (Å²) in [6, 6.07) is 15.3. The molecule has 0 aromatic heterocycles. The van der Waals surface area contributed by atoms with E-state index in [1.807, 2.05) is 50.2 Å². The molecule has 2 aromatic rings. The van der Waals surface area contributed by atoms with Crippen molar-refractivity contribution in [2.45, 2.75) is 39.2 Å². The maximum Gasteiger partial charge on any atom is 0.407 e. The molecule has 0 fully saturated rings. The summed E-state index contributed by atoms with van der Waals surface area (Å²) in [6.07, 6.45) is -0.253. The molecule has 170 valence electrons. The molecule has 2 atom stereocenters. The molecular formula is C25H30N2O5. The maximum atomic E-state index is 12.6. The molecule has 1 aliphatic rings. The molecule has 0 saturated carbocycles. The first kappa shape index (κ1) is 23.3. The number of aliphatic carboxylic acids is 1. The van der Waals surface area contributed by atoms with Crippen LogP contribution in [-0.2, 0) is 14.3 Å². The smallest absolute Gasteiger partial charge is 0.407 e. The lowest BCUT2D eigenvalue weighted by molar-refractivity contribution is -0.141. The van der Waals surface area contributed by atoms with Crippen LogP contribution < -0.4 is 10.6 Å². The number of ether oxygens (including phenoxy) is 1. The van der Waals surface area contributed by atoms with Crippen LogP contribution >= 0.6 is 0 Å². The van der Waals surface area contributed by atoms with Crippen molar-refractivity contribution in [2.75, 3.05) is 13.2 Å². The first-order valence-corrected chi connectivity index (χ1v) is 10.9. The average Bonchev–Trinajstić information content (AvgIpc) is 3.08. The molecule has 0 radical (unpaired) electrons. The summed E-state index contributed by atoms with van der Waals surface area (Å²) < 4.78 is 5.54. The fourth-order valence-corrected chi connectivity index (χ4v) is 3.95. The number of rotatable bonds is 9. The predicted octanol–water partition coefficient (Wildman–Crippen LogP) is 3.78. The Morgan fingerprint density at radius 3 is 2.06 bits per heavy atom. The van der Waals surface area contributed by atoms with Gasteiger partial charge in [0.2, 0.25) is 5.91 Å². The lowest BCUT2D eigenvalue weighted by atomic mass is 9.98. The summed E-state index contributed by atoms with van der Waals surface area (Å²) in [5.41, 5.74) is 4.50. The molecule has 2 aromatic carbocycles. The van der Waals surface area contributed by atoms with Gasteiger partial charge in [-0.1, -0.05) is 69.3 Å². The van der Waals surface area contributed by atoms with E-state index in [2.05, 4.69) is 22.8 Å². The lowest BCUT2D eigenvalue weighted by Crippen LogP contribution is -2.49. The van der Waals surface area contributed by atoms with Crippen LogP contribution in [0, 0.1) is 11.8 Å². The molecule has 1 aliphatic carbocycles. The van der Waals surface area contributed by atoms with Gasteiger partial charge in [0.1, 0.15) is 12.6 Å². The van der Waals surface area contributed by atoms with Gasteiger partial charge in [-0.05, 0) is 34.6 Å². The monoisotopic (exact) mass is 438 g/mol. The number of amides is 2. The van der Waals surface area contributed by atoms with E-state index in [4.69, 9.17) is 9.84 Å². The molecule has 3 N–H and O–H groups in total. The Hall–Kier alpha value is -3.35. The van der Waals surface area contributed by atoms with Crippen LogP contribution in [-0.4, -0.2) is 42.3 Å². The number of hydrogen-bond donors (Lipinski definition) is 3. The van der Waals surface area contributed by atoms with Crippen LogP contribution in [0.4, 0.5) is 4.79 Å². The van der Waals surface area contributed by atoms with Gasteiger partial charge in [-0.25, -0.2) is 4.79 Å². The molecule has 7 heteroatoms. The van der Waals surface area contributed by atoms with Crippen molar-refractivity contribution in [3.63, 3.8) is 0 Å². The number of benzene rings is 2. The van der Waals surface area contributed by atoms with Crippen molar-refractivity contribution in [2.24, 2.45) is 11.8 Å². The first-order valence-electron chi connectivity index (χ1n) is 10.9. The van der Waals surface area contributed by atoms with Crippen LogP contribution in [0.25, 0.3) is 11.1 Å². The third kappa shape index (κ3) is 5.46. The van der Waals surface area contributed by atoms with Crippen molar-refractivity contribution >= 4 is 18.0 Å². The van der Waals surface area contributed by atoms with Gasteiger partial charge in [0.05, 0.1) is 5.92 Å². The van der Waals surface area contributed by atoms with Crippen LogP contribution in [0.3, 0.4) is 0 Å². The Kier molecular flexibility index (Phi) is 7.51. The van der Waals surface area contributed by atoms with Gasteiger partial charge >= 0.3 is 12.1 Å². The Morgan fingerprint density at radius 2 is 1.53 bits per heavy atom. The minimum Gasteiger partial charge on any atom is -0.481 e. The quantitative estimate of drug-likeness (QED) is 0.553. The van der Waals surface area contributed by atoms with Crippen LogP contribution in [0.5, 0.6) is 0 Å². The topological polar surface area (TPSA) is 105 Å². The number of hydrogen-bond acceptors (Lipinski definition) is 4. The molecule has 0 bridgehead atoms. The number of carbonyl (C=O) groups is 3. The summed E-state index contributed by atoms with van der Waals surface area (Å²) in [5, 5.41) is 14.3. The Labute approximate surface area is 188 Å². The van der Waals surface area contributed by atoms with E-state index in [-0.39, 0.29) is 25.0 Å². The predicted molar refractivity (Wildman–Crippen MR) is 121 cm³/mol. The number of carboxylic acid groups (broad SMARTS) is 1. The molecule has 0 saturated heterocycles. The molecular weight excluding hydrogens is 408 g/mol. The van der Waals surface area contributed by atoms with E-state index < -0.39 is 29.9 Å². The van der Waals surface area contributed by atoms with E-state index in [1.54, 1.807) is 0 Å². The highest BCUT2D eigenvalue weighted by Crippen LogP contribution is 2.44. The largest absolute Gasteiger partial charge is 0.481 e. The number of carboxylic acids is 1. The van der Waals surface area contributed by atoms with Crippen LogP contribution in [0.15, 0.2) is 48.5 Å². The van der Waals surface area contributed by atoms with Gasteiger partial charge in [-0.15, -0.1) is 0 Å². The third-order valence-electron chi connectivity index (χ3n) is 5.66. The van der Waals surface area contributed by atoms with Gasteiger partial charge in [-0.3, -0.25) is 9.59 Å². The second-order valence-electron chi connectivity index (χ2n) is 8.64. The number of alkyl carbamates (subject to hydrolysis) is 1. The molecule has 1 unspecified atom stereocenters. The summed E-state index contributed by atoms with van der Waals surface area (Å²) in [4.78, 5) is 36.1. The second-order valence-corrected chi connectivity index (χ2v) is 8.64. The molecule has 0 spiro atoms. The van der Waals surface area contributed by atoms with E-state index in [9.17, 15) is 14.4 Å². The number of carbonyl (C=O) groups excluding carboxylic acids is 2. The molecule has 3 rings (SSSR count). The minimum atomic E-state index is -0.991. The van der Waals surface area contributed by atoms with Crippen molar-refractivity contribution in [1.82, 2.24) is 10.6 Å². The van der Waals surface area contributed by atoms with E-state index in [0.717, 1.165) is 22.3 Å². The highest BCUT2D eigenvalue weighted by Gasteiger charge is 2.30. The van der Waals surface area contributed by atoms with Crippen molar-refractivity contribution in [3.05, 3.63) is 59.7 Å². The normalized spacial score (nSPS) is 14.2. The highest BCUT2D eigenvalue weighted by atomic mass is 16.5. The van der Waals surface area contributed by atoms with Crippen molar-refractivity contribution < 1.29 is 24.2 Å². The second kappa shape index (κ2) is 10.3. The Morgan fingerprint density at radius 1 is 0.969 bits per heavy atom. The standard InChI is InChI=1S/C25H30N2O5/c1-15(2)12-22(23(28)26-13-16(3)24(29)30)27-25(31)32-14-21-19-10-6-4-8-17(19)18-9-5-7-11-20(18)21/h4-11,15-16,21-22H,12-14H2,1-3H3,(H,26,28)(H,27,31)(H,29,30)/t16?,22-/m1/s1. The average molecular weight is 439 g/mol. The maximum absolute atomic E-state index is 12.6. The summed E-state index contributed by atoms with van der Waals surface area (Å²) in [6.45, 7) is 5.55. The van der Waals surface area contributed by atoms with E-state index in [0.29, 0.717) is 6.42 Å². The Bertz CT molecular complexity index is 942. The summed E-state index contributed by atoms with van der Waals surface area (Å²) in [7, 11) is 0. The molecule has 0 heterocycles. The molecule has 2 amide bonds. The summed E-state index contributed by atoms with van der Waals surface area (Å²) in [5.74, 6) is -2.04. The number of fused-ring (bicyclic) bond motifs is 3. The van der Waals surface area contributed by atoms with Gasteiger partial charge in [0, 0.05) is 12.5 Å². The van der Waals surface area contributed by atoms with Gasteiger partial charge < -0.3 is 20.5 Å². The van der Waals surface area contributed by atoms with E-state index >= 15 is 0 Å².